The third-order valence-electron chi connectivity index (χ3n) is 1.47. The van der Waals surface area contributed by atoms with Gasteiger partial charge >= 0.3 is 0 Å². The highest BCUT2D eigenvalue weighted by atomic mass is 79.9. The molecule has 0 aliphatic heterocycles. The largest absolute Gasteiger partial charge is 0.207 e. The summed E-state index contributed by atoms with van der Waals surface area (Å²) in [5.74, 6) is -0.294. The van der Waals surface area contributed by atoms with Gasteiger partial charge in [0.05, 0.1) is 9.18 Å². The predicted octanol–water partition coefficient (Wildman–Crippen LogP) is 4.70. The van der Waals surface area contributed by atoms with Gasteiger partial charge in [0, 0.05) is 4.90 Å². The molecule has 0 fully saturated rings. The number of hydrogen-bond donors (Lipinski definition) is 0. The van der Waals surface area contributed by atoms with Crippen molar-refractivity contribution in [2.24, 2.45) is 0 Å². The number of alkyl halides is 1. The van der Waals surface area contributed by atoms with Gasteiger partial charge in [-0.25, -0.2) is 4.39 Å². The van der Waals surface area contributed by atoms with Gasteiger partial charge in [-0.05, 0) is 24.6 Å². The van der Waals surface area contributed by atoms with Crippen LogP contribution in [0.5, 0.6) is 0 Å². The molecule has 13 heavy (non-hydrogen) atoms. The lowest BCUT2D eigenvalue weighted by molar-refractivity contribution is 0.626. The van der Waals surface area contributed by atoms with Crippen molar-refractivity contribution < 1.29 is 4.39 Å². The van der Waals surface area contributed by atoms with Gasteiger partial charge in [-0.15, -0.1) is 11.8 Å². The van der Waals surface area contributed by atoms with Crippen LogP contribution in [0.3, 0.4) is 0 Å². The summed E-state index contributed by atoms with van der Waals surface area (Å²) < 4.78 is 13.0. The molecule has 0 nitrogen and oxygen atoms in total. The number of halogens is 3. The van der Waals surface area contributed by atoms with Crippen molar-refractivity contribution in [2.45, 2.75) is 22.4 Å². The highest BCUT2D eigenvalue weighted by molar-refractivity contribution is 9.11. The van der Waals surface area contributed by atoms with Gasteiger partial charge in [0.25, 0.3) is 0 Å². The second-order valence-electron chi connectivity index (χ2n) is 2.51. The summed E-state index contributed by atoms with van der Waals surface area (Å²) in [6.45, 7) is 2.07. The Balaban J connectivity index is 2.77. The van der Waals surface area contributed by atoms with E-state index in [4.69, 9.17) is 11.6 Å². The van der Waals surface area contributed by atoms with Gasteiger partial charge in [0.1, 0.15) is 5.82 Å². The molecule has 4 heteroatoms. The van der Waals surface area contributed by atoms with Gasteiger partial charge in [-0.1, -0.05) is 34.5 Å². The van der Waals surface area contributed by atoms with E-state index in [1.807, 2.05) is 0 Å². The molecule has 0 aromatic heterocycles. The van der Waals surface area contributed by atoms with E-state index in [2.05, 4.69) is 22.9 Å². The molecule has 0 bridgehead atoms. The van der Waals surface area contributed by atoms with Gasteiger partial charge < -0.3 is 0 Å². The van der Waals surface area contributed by atoms with Crippen LogP contribution >= 0.6 is 39.3 Å². The highest BCUT2D eigenvalue weighted by Crippen LogP contribution is 2.34. The maximum Gasteiger partial charge on any atom is 0.124 e. The van der Waals surface area contributed by atoms with Crippen molar-refractivity contribution in [1.29, 1.82) is 0 Å². The summed E-state index contributed by atoms with van der Waals surface area (Å²) >= 11 is 10.9. The summed E-state index contributed by atoms with van der Waals surface area (Å²) in [5.41, 5.74) is 0. The van der Waals surface area contributed by atoms with Gasteiger partial charge in [0.15, 0.2) is 0 Å². The monoisotopic (exact) mass is 282 g/mol. The zero-order chi connectivity index (χ0) is 9.84. The maximum absolute atomic E-state index is 12.7. The Morgan fingerprint density at radius 1 is 1.62 bits per heavy atom. The lowest BCUT2D eigenvalue weighted by Crippen LogP contribution is -1.88. The Morgan fingerprint density at radius 3 is 2.85 bits per heavy atom. The smallest absolute Gasteiger partial charge is 0.124 e. The maximum atomic E-state index is 12.7. The van der Waals surface area contributed by atoms with Crippen LogP contribution in [-0.4, -0.2) is 4.16 Å². The molecule has 1 unspecified atom stereocenters. The van der Waals surface area contributed by atoms with Crippen molar-refractivity contribution in [3.63, 3.8) is 0 Å². The van der Waals surface area contributed by atoms with Crippen molar-refractivity contribution in [2.75, 3.05) is 0 Å². The number of rotatable bonds is 3. The van der Waals surface area contributed by atoms with Gasteiger partial charge in [-0.3, -0.25) is 0 Å². The van der Waals surface area contributed by atoms with Crippen molar-refractivity contribution in [3.8, 4) is 0 Å². The van der Waals surface area contributed by atoms with Crippen molar-refractivity contribution in [1.82, 2.24) is 0 Å². The van der Waals surface area contributed by atoms with Gasteiger partial charge in [-0.2, -0.15) is 0 Å². The minimum atomic E-state index is -0.294. The van der Waals surface area contributed by atoms with Crippen LogP contribution in [0, 0.1) is 5.82 Å². The average Bonchev–Trinajstić information content (AvgIpc) is 2.09. The Morgan fingerprint density at radius 2 is 2.31 bits per heavy atom. The van der Waals surface area contributed by atoms with E-state index in [-0.39, 0.29) is 5.82 Å². The Hall–Kier alpha value is 0.270. The summed E-state index contributed by atoms with van der Waals surface area (Å²) in [5, 5.41) is 0.475. The molecule has 0 aliphatic carbocycles. The van der Waals surface area contributed by atoms with Crippen LogP contribution < -0.4 is 0 Å². The molecule has 1 aromatic rings. The first-order valence-electron chi connectivity index (χ1n) is 3.89. The van der Waals surface area contributed by atoms with E-state index < -0.39 is 0 Å². The van der Waals surface area contributed by atoms with Crippen molar-refractivity contribution in [3.05, 3.63) is 29.0 Å². The second kappa shape index (κ2) is 5.23. The van der Waals surface area contributed by atoms with Crippen LogP contribution in [0.1, 0.15) is 13.3 Å². The molecule has 1 aromatic carbocycles. The topological polar surface area (TPSA) is 0 Å². The second-order valence-corrected chi connectivity index (χ2v) is 5.87. The quantitative estimate of drug-likeness (QED) is 0.572. The van der Waals surface area contributed by atoms with E-state index in [1.54, 1.807) is 17.8 Å². The Kier molecular flexibility index (Phi) is 4.56. The molecule has 0 N–H and O–H groups in total. The molecule has 0 radical (unpaired) electrons. The van der Waals surface area contributed by atoms with Gasteiger partial charge in [0.2, 0.25) is 0 Å². The first-order chi connectivity index (χ1) is 6.13. The molecule has 0 spiro atoms. The first-order valence-corrected chi connectivity index (χ1v) is 6.06. The summed E-state index contributed by atoms with van der Waals surface area (Å²) in [6, 6.07) is 4.45. The average molecular weight is 284 g/mol. The van der Waals surface area contributed by atoms with E-state index in [1.165, 1.54) is 12.1 Å². The normalized spacial score (nSPS) is 12.9. The molecular formula is C9H9BrClFS. The summed E-state index contributed by atoms with van der Waals surface area (Å²) in [4.78, 5) is 0.909. The molecule has 0 heterocycles. The van der Waals surface area contributed by atoms with Crippen LogP contribution in [0.4, 0.5) is 4.39 Å². The molecule has 0 saturated heterocycles. The number of benzene rings is 1. The number of hydrogen-bond acceptors (Lipinski definition) is 1. The van der Waals surface area contributed by atoms with Crippen LogP contribution in [0.25, 0.3) is 0 Å². The first kappa shape index (κ1) is 11.3. The number of thioether (sulfide) groups is 1. The van der Waals surface area contributed by atoms with Crippen LogP contribution in [0.15, 0.2) is 23.1 Å². The molecule has 0 amide bonds. The SMILES string of the molecule is CCC(Br)Sc1ccc(F)cc1Cl. The van der Waals surface area contributed by atoms with Crippen LogP contribution in [-0.2, 0) is 0 Å². The molecular weight excluding hydrogens is 275 g/mol. The molecule has 72 valence electrons. The van der Waals surface area contributed by atoms with E-state index in [0.717, 1.165) is 11.3 Å². The predicted molar refractivity (Wildman–Crippen MR) is 60.3 cm³/mol. The lowest BCUT2D eigenvalue weighted by atomic mass is 10.3. The lowest BCUT2D eigenvalue weighted by Gasteiger charge is -2.07. The van der Waals surface area contributed by atoms with Crippen molar-refractivity contribution >= 4 is 39.3 Å². The Bertz CT molecular complexity index is 293. The zero-order valence-corrected chi connectivity index (χ0v) is 10.2. The molecule has 0 aliphatic rings. The minimum Gasteiger partial charge on any atom is -0.207 e. The third kappa shape index (κ3) is 3.49. The molecule has 1 atom stereocenters. The fourth-order valence-corrected chi connectivity index (χ4v) is 2.46. The molecule has 1 rings (SSSR count). The zero-order valence-electron chi connectivity index (χ0n) is 7.06. The van der Waals surface area contributed by atoms with E-state index >= 15 is 0 Å². The third-order valence-corrected chi connectivity index (χ3v) is 4.30. The standard InChI is InChI=1S/C9H9BrClFS/c1-2-9(10)13-8-4-3-6(12)5-7(8)11/h3-5,9H,2H2,1H3. The van der Waals surface area contributed by atoms with Crippen LogP contribution in [0.2, 0.25) is 5.02 Å². The fraction of sp³-hybridized carbons (Fsp3) is 0.333. The molecule has 0 saturated carbocycles. The Labute approximate surface area is 95.0 Å². The summed E-state index contributed by atoms with van der Waals surface area (Å²) in [6.07, 6.45) is 0.998. The minimum absolute atomic E-state index is 0.294. The summed E-state index contributed by atoms with van der Waals surface area (Å²) in [7, 11) is 0. The fourth-order valence-electron chi connectivity index (χ4n) is 0.792. The van der Waals surface area contributed by atoms with E-state index in [0.29, 0.717) is 9.18 Å². The van der Waals surface area contributed by atoms with E-state index in [9.17, 15) is 4.39 Å². The highest BCUT2D eigenvalue weighted by Gasteiger charge is 2.07.